The summed E-state index contributed by atoms with van der Waals surface area (Å²) < 4.78 is 26.0. The molecule has 0 saturated carbocycles. The maximum atomic E-state index is 13.1. The van der Waals surface area contributed by atoms with Crippen LogP contribution in [0.2, 0.25) is 0 Å². The zero-order valence-corrected chi connectivity index (χ0v) is 12.0. The molecule has 22 heavy (non-hydrogen) atoms. The number of halogens is 2. The third-order valence-electron chi connectivity index (χ3n) is 3.68. The van der Waals surface area contributed by atoms with Crippen LogP contribution in [-0.2, 0) is 17.6 Å². The fourth-order valence-corrected chi connectivity index (χ4v) is 2.59. The van der Waals surface area contributed by atoms with E-state index in [2.05, 4.69) is 10.6 Å². The molecular formula is C17H16F2N2O. The van der Waals surface area contributed by atoms with Crippen LogP contribution in [0.1, 0.15) is 17.5 Å². The zero-order valence-electron chi connectivity index (χ0n) is 12.0. The summed E-state index contributed by atoms with van der Waals surface area (Å²) in [5.41, 5.74) is 3.44. The van der Waals surface area contributed by atoms with Crippen LogP contribution in [0.5, 0.6) is 0 Å². The number of nitrogens with one attached hydrogen (secondary N) is 2. The highest BCUT2D eigenvalue weighted by molar-refractivity contribution is 5.92. The van der Waals surface area contributed by atoms with Gasteiger partial charge < -0.3 is 10.6 Å². The van der Waals surface area contributed by atoms with Gasteiger partial charge in [-0.15, -0.1) is 0 Å². The summed E-state index contributed by atoms with van der Waals surface area (Å²) in [7, 11) is 0. The van der Waals surface area contributed by atoms with Crippen molar-refractivity contribution in [3.05, 3.63) is 59.2 Å². The summed E-state index contributed by atoms with van der Waals surface area (Å²) in [5.74, 6) is -2.11. The quantitative estimate of drug-likeness (QED) is 0.911. The van der Waals surface area contributed by atoms with E-state index in [0.717, 1.165) is 42.9 Å². The Balaban J connectivity index is 1.67. The summed E-state index contributed by atoms with van der Waals surface area (Å²) in [4.78, 5) is 12.0. The standard InChI is InChI=1S/C17H16F2N2O/c18-14-5-3-11(8-15(14)19)9-17(22)21-13-4-6-16-12(10-13)2-1-7-20-16/h3-6,8,10,20H,1-2,7,9H2,(H,21,22). The van der Waals surface area contributed by atoms with Crippen LogP contribution in [0.15, 0.2) is 36.4 Å². The van der Waals surface area contributed by atoms with Gasteiger partial charge in [0.25, 0.3) is 0 Å². The second-order valence-corrected chi connectivity index (χ2v) is 5.38. The second kappa shape index (κ2) is 6.13. The van der Waals surface area contributed by atoms with Gasteiger partial charge in [-0.1, -0.05) is 6.07 Å². The number of anilines is 2. The lowest BCUT2D eigenvalue weighted by Gasteiger charge is -2.18. The molecule has 0 aliphatic carbocycles. The molecule has 2 aromatic carbocycles. The first kappa shape index (κ1) is 14.5. The van der Waals surface area contributed by atoms with Gasteiger partial charge >= 0.3 is 0 Å². The highest BCUT2D eigenvalue weighted by Gasteiger charge is 2.11. The Morgan fingerprint density at radius 1 is 1.14 bits per heavy atom. The van der Waals surface area contributed by atoms with Crippen molar-refractivity contribution in [2.24, 2.45) is 0 Å². The van der Waals surface area contributed by atoms with Crippen LogP contribution in [0.3, 0.4) is 0 Å². The lowest BCUT2D eigenvalue weighted by Crippen LogP contribution is -2.16. The first-order chi connectivity index (χ1) is 10.6. The van der Waals surface area contributed by atoms with Crippen LogP contribution in [0.4, 0.5) is 20.2 Å². The maximum absolute atomic E-state index is 13.1. The molecule has 0 fully saturated rings. The Kier molecular flexibility index (Phi) is 4.04. The molecule has 0 bridgehead atoms. The van der Waals surface area contributed by atoms with Crippen LogP contribution in [-0.4, -0.2) is 12.5 Å². The Morgan fingerprint density at radius 2 is 2.00 bits per heavy atom. The van der Waals surface area contributed by atoms with E-state index >= 15 is 0 Å². The van der Waals surface area contributed by atoms with Crippen LogP contribution in [0, 0.1) is 11.6 Å². The lowest BCUT2D eigenvalue weighted by atomic mass is 10.0. The number of carbonyl (C=O) groups excluding carboxylic acids is 1. The van der Waals surface area contributed by atoms with Gasteiger partial charge in [0.15, 0.2) is 11.6 Å². The number of benzene rings is 2. The fraction of sp³-hybridized carbons (Fsp3) is 0.235. The third kappa shape index (κ3) is 3.24. The molecule has 0 spiro atoms. The largest absolute Gasteiger partial charge is 0.385 e. The molecule has 0 unspecified atom stereocenters. The molecule has 0 radical (unpaired) electrons. The molecule has 1 aliphatic rings. The van der Waals surface area contributed by atoms with Crippen molar-refractivity contribution in [1.29, 1.82) is 0 Å². The van der Waals surface area contributed by atoms with Gasteiger partial charge in [-0.3, -0.25) is 4.79 Å². The number of fused-ring (bicyclic) bond motifs is 1. The maximum Gasteiger partial charge on any atom is 0.228 e. The van der Waals surface area contributed by atoms with Crippen LogP contribution < -0.4 is 10.6 Å². The molecule has 0 atom stereocenters. The van der Waals surface area contributed by atoms with Gasteiger partial charge in [0.1, 0.15) is 0 Å². The molecule has 1 amide bonds. The Bertz CT molecular complexity index is 716. The predicted octanol–water partition coefficient (Wildman–Crippen LogP) is 3.50. The van der Waals surface area contributed by atoms with E-state index < -0.39 is 11.6 Å². The van der Waals surface area contributed by atoms with Crippen molar-refractivity contribution >= 4 is 17.3 Å². The normalized spacial score (nSPS) is 13.2. The average Bonchev–Trinajstić information content (AvgIpc) is 2.51. The van der Waals surface area contributed by atoms with Gasteiger partial charge in [0, 0.05) is 17.9 Å². The van der Waals surface area contributed by atoms with E-state index in [0.29, 0.717) is 5.56 Å². The van der Waals surface area contributed by atoms with E-state index in [9.17, 15) is 13.6 Å². The predicted molar refractivity (Wildman–Crippen MR) is 81.9 cm³/mol. The van der Waals surface area contributed by atoms with E-state index in [4.69, 9.17) is 0 Å². The van der Waals surface area contributed by atoms with E-state index in [-0.39, 0.29) is 12.3 Å². The number of amides is 1. The van der Waals surface area contributed by atoms with Crippen molar-refractivity contribution in [2.45, 2.75) is 19.3 Å². The lowest BCUT2D eigenvalue weighted by molar-refractivity contribution is -0.115. The number of carbonyl (C=O) groups is 1. The van der Waals surface area contributed by atoms with Crippen LogP contribution >= 0.6 is 0 Å². The van der Waals surface area contributed by atoms with Gasteiger partial charge in [-0.2, -0.15) is 0 Å². The van der Waals surface area contributed by atoms with Gasteiger partial charge in [0.05, 0.1) is 6.42 Å². The van der Waals surface area contributed by atoms with Gasteiger partial charge in [-0.05, 0) is 54.3 Å². The van der Waals surface area contributed by atoms with Crippen molar-refractivity contribution in [2.75, 3.05) is 17.2 Å². The Morgan fingerprint density at radius 3 is 2.82 bits per heavy atom. The summed E-state index contributed by atoms with van der Waals surface area (Å²) in [6.45, 7) is 0.967. The minimum absolute atomic E-state index is 0.00648. The van der Waals surface area contributed by atoms with Gasteiger partial charge in [0.2, 0.25) is 5.91 Å². The highest BCUT2D eigenvalue weighted by Crippen LogP contribution is 2.25. The molecule has 3 nitrogen and oxygen atoms in total. The minimum Gasteiger partial charge on any atom is -0.385 e. The number of hydrogen-bond acceptors (Lipinski definition) is 2. The van der Waals surface area contributed by atoms with Crippen molar-refractivity contribution in [1.82, 2.24) is 0 Å². The molecule has 0 saturated heterocycles. The molecule has 2 N–H and O–H groups in total. The molecule has 5 heteroatoms. The van der Waals surface area contributed by atoms with E-state index in [1.165, 1.54) is 11.6 Å². The highest BCUT2D eigenvalue weighted by atomic mass is 19.2. The summed E-state index contributed by atoms with van der Waals surface area (Å²) in [5, 5.41) is 6.10. The molecule has 0 aromatic heterocycles. The van der Waals surface area contributed by atoms with Gasteiger partial charge in [-0.25, -0.2) is 8.78 Å². The fourth-order valence-electron chi connectivity index (χ4n) is 2.59. The second-order valence-electron chi connectivity index (χ2n) is 5.38. The number of hydrogen-bond donors (Lipinski definition) is 2. The SMILES string of the molecule is O=C(Cc1ccc(F)c(F)c1)Nc1ccc2c(c1)CCCN2. The summed E-state index contributed by atoms with van der Waals surface area (Å²) >= 11 is 0. The Hall–Kier alpha value is -2.43. The van der Waals surface area contributed by atoms with E-state index in [1.807, 2.05) is 18.2 Å². The van der Waals surface area contributed by atoms with Crippen molar-refractivity contribution < 1.29 is 13.6 Å². The summed E-state index contributed by atoms with van der Waals surface area (Å²) in [6, 6.07) is 9.22. The molecular weight excluding hydrogens is 286 g/mol. The Labute approximate surface area is 127 Å². The van der Waals surface area contributed by atoms with Crippen molar-refractivity contribution in [3.8, 4) is 0 Å². The smallest absolute Gasteiger partial charge is 0.228 e. The van der Waals surface area contributed by atoms with E-state index in [1.54, 1.807) is 0 Å². The monoisotopic (exact) mass is 302 g/mol. The molecule has 2 aromatic rings. The number of rotatable bonds is 3. The van der Waals surface area contributed by atoms with Crippen molar-refractivity contribution in [3.63, 3.8) is 0 Å². The first-order valence-corrected chi connectivity index (χ1v) is 7.22. The number of aryl methyl sites for hydroxylation is 1. The molecule has 114 valence electrons. The third-order valence-corrected chi connectivity index (χ3v) is 3.68. The van der Waals surface area contributed by atoms with Crippen LogP contribution in [0.25, 0.3) is 0 Å². The first-order valence-electron chi connectivity index (χ1n) is 7.22. The summed E-state index contributed by atoms with van der Waals surface area (Å²) in [6.07, 6.45) is 2.06. The zero-order chi connectivity index (χ0) is 15.5. The molecule has 1 heterocycles. The minimum atomic E-state index is -0.940. The molecule has 1 aliphatic heterocycles. The topological polar surface area (TPSA) is 41.1 Å². The molecule has 3 rings (SSSR count). The average molecular weight is 302 g/mol.